The van der Waals surface area contributed by atoms with Crippen molar-refractivity contribution >= 4 is 11.5 Å². The first-order valence-corrected chi connectivity index (χ1v) is 5.71. The fraction of sp³-hybridized carbons (Fsp3) is 0.462. The molecule has 3 nitrogen and oxygen atoms in total. The lowest BCUT2D eigenvalue weighted by Gasteiger charge is -2.33. The van der Waals surface area contributed by atoms with Gasteiger partial charge in [0.15, 0.2) is 5.78 Å². The molecular formula is C13H17NO2. The van der Waals surface area contributed by atoms with Crippen LogP contribution in [-0.4, -0.2) is 30.1 Å². The maximum Gasteiger partial charge on any atom is 0.161 e. The third kappa shape index (κ3) is 2.25. The average molecular weight is 219 g/mol. The highest BCUT2D eigenvalue weighted by Gasteiger charge is 2.20. The van der Waals surface area contributed by atoms with Crippen LogP contribution in [0.25, 0.3) is 0 Å². The lowest BCUT2D eigenvalue weighted by Crippen LogP contribution is -2.38. The predicted octanol–water partition coefficient (Wildman–Crippen LogP) is 1.85. The van der Waals surface area contributed by atoms with E-state index in [4.69, 9.17) is 0 Å². The number of para-hydroxylation sites is 1. The van der Waals surface area contributed by atoms with E-state index in [1.54, 1.807) is 6.92 Å². The fourth-order valence-corrected chi connectivity index (χ4v) is 2.22. The third-order valence-corrected chi connectivity index (χ3v) is 3.02. The monoisotopic (exact) mass is 219 g/mol. The zero-order chi connectivity index (χ0) is 11.5. The van der Waals surface area contributed by atoms with Gasteiger partial charge in [-0.2, -0.15) is 0 Å². The molecule has 0 saturated carbocycles. The van der Waals surface area contributed by atoms with Crippen LogP contribution in [0.5, 0.6) is 0 Å². The van der Waals surface area contributed by atoms with Crippen molar-refractivity contribution in [3.8, 4) is 0 Å². The predicted molar refractivity (Wildman–Crippen MR) is 63.9 cm³/mol. The number of hydrogen-bond acceptors (Lipinski definition) is 3. The molecule has 1 saturated heterocycles. The van der Waals surface area contributed by atoms with E-state index < -0.39 is 0 Å². The number of rotatable bonds is 2. The van der Waals surface area contributed by atoms with Crippen molar-refractivity contribution in [2.24, 2.45) is 0 Å². The van der Waals surface area contributed by atoms with E-state index in [0.29, 0.717) is 6.54 Å². The summed E-state index contributed by atoms with van der Waals surface area (Å²) in [6.45, 7) is 3.13. The highest BCUT2D eigenvalue weighted by Crippen LogP contribution is 2.24. The van der Waals surface area contributed by atoms with Crippen LogP contribution in [-0.2, 0) is 0 Å². The maximum atomic E-state index is 11.5. The smallest absolute Gasteiger partial charge is 0.161 e. The number of β-amino-alcohol motifs (C(OH)–C–C–N with tert-alkyl or cyclic N) is 1. The first-order chi connectivity index (χ1) is 7.68. The molecule has 1 fully saturated rings. The van der Waals surface area contributed by atoms with Crippen molar-refractivity contribution < 1.29 is 9.90 Å². The molecule has 0 amide bonds. The summed E-state index contributed by atoms with van der Waals surface area (Å²) in [6.07, 6.45) is 1.57. The van der Waals surface area contributed by atoms with Crippen LogP contribution in [0.3, 0.4) is 0 Å². The molecule has 1 unspecified atom stereocenters. The number of nitrogens with zero attached hydrogens (tertiary/aromatic N) is 1. The van der Waals surface area contributed by atoms with Gasteiger partial charge in [-0.05, 0) is 31.9 Å². The van der Waals surface area contributed by atoms with Gasteiger partial charge in [0.1, 0.15) is 0 Å². The van der Waals surface area contributed by atoms with E-state index >= 15 is 0 Å². The molecule has 86 valence electrons. The second-order valence-electron chi connectivity index (χ2n) is 4.32. The van der Waals surface area contributed by atoms with E-state index in [0.717, 1.165) is 30.6 Å². The second-order valence-corrected chi connectivity index (χ2v) is 4.32. The first kappa shape index (κ1) is 11.1. The second kappa shape index (κ2) is 4.66. The Balaban J connectivity index is 2.28. The van der Waals surface area contributed by atoms with Gasteiger partial charge in [0.2, 0.25) is 0 Å². The summed E-state index contributed by atoms with van der Waals surface area (Å²) < 4.78 is 0. The minimum absolute atomic E-state index is 0.0793. The normalized spacial score (nSPS) is 20.9. The Morgan fingerprint density at radius 2 is 2.19 bits per heavy atom. The van der Waals surface area contributed by atoms with Gasteiger partial charge in [-0.3, -0.25) is 4.79 Å². The molecule has 0 bridgehead atoms. The van der Waals surface area contributed by atoms with Gasteiger partial charge in [0.25, 0.3) is 0 Å². The highest BCUT2D eigenvalue weighted by atomic mass is 16.3. The van der Waals surface area contributed by atoms with Crippen LogP contribution in [0.1, 0.15) is 30.1 Å². The lowest BCUT2D eigenvalue weighted by molar-refractivity contribution is 0.101. The summed E-state index contributed by atoms with van der Waals surface area (Å²) in [5, 5.41) is 9.64. The van der Waals surface area contributed by atoms with Gasteiger partial charge in [-0.15, -0.1) is 0 Å². The van der Waals surface area contributed by atoms with Crippen molar-refractivity contribution in [1.82, 2.24) is 0 Å². The summed E-state index contributed by atoms with van der Waals surface area (Å²) in [5.41, 5.74) is 1.70. The number of anilines is 1. The van der Waals surface area contributed by atoms with E-state index in [1.807, 2.05) is 24.3 Å². The summed E-state index contributed by atoms with van der Waals surface area (Å²) in [6, 6.07) is 7.61. The maximum absolute atomic E-state index is 11.5. The van der Waals surface area contributed by atoms with Crippen molar-refractivity contribution in [3.63, 3.8) is 0 Å². The van der Waals surface area contributed by atoms with Crippen molar-refractivity contribution in [3.05, 3.63) is 29.8 Å². The van der Waals surface area contributed by atoms with Crippen molar-refractivity contribution in [2.45, 2.75) is 25.9 Å². The highest BCUT2D eigenvalue weighted by molar-refractivity contribution is 5.99. The van der Waals surface area contributed by atoms with Crippen LogP contribution in [0, 0.1) is 0 Å². The number of Topliss-reactive ketones (excluding diaryl/α,β-unsaturated/α-hetero) is 1. The van der Waals surface area contributed by atoms with E-state index in [2.05, 4.69) is 4.90 Å². The molecule has 1 heterocycles. The van der Waals surface area contributed by atoms with Gasteiger partial charge >= 0.3 is 0 Å². The standard InChI is InChI=1S/C13H17NO2/c1-10(15)12-6-2-3-7-13(12)14-8-4-5-11(16)9-14/h2-3,6-7,11,16H,4-5,8-9H2,1H3. The van der Waals surface area contributed by atoms with Crippen LogP contribution in [0.4, 0.5) is 5.69 Å². The molecule has 0 aromatic heterocycles. The number of carbonyl (C=O) groups excluding carboxylic acids is 1. The van der Waals surface area contributed by atoms with E-state index in [9.17, 15) is 9.90 Å². The van der Waals surface area contributed by atoms with Gasteiger partial charge in [0, 0.05) is 24.3 Å². The zero-order valence-electron chi connectivity index (χ0n) is 9.52. The molecule has 1 aliphatic rings. The summed E-state index contributed by atoms with van der Waals surface area (Å²) >= 11 is 0. The summed E-state index contributed by atoms with van der Waals surface area (Å²) in [5.74, 6) is 0.0793. The Hall–Kier alpha value is -1.35. The number of aliphatic hydroxyl groups excluding tert-OH is 1. The van der Waals surface area contributed by atoms with E-state index in [1.165, 1.54) is 0 Å². The molecule has 1 atom stereocenters. The molecule has 0 radical (unpaired) electrons. The van der Waals surface area contributed by atoms with Crippen LogP contribution < -0.4 is 4.90 Å². The quantitative estimate of drug-likeness (QED) is 0.772. The van der Waals surface area contributed by atoms with Crippen LogP contribution in [0.15, 0.2) is 24.3 Å². The van der Waals surface area contributed by atoms with Crippen LogP contribution >= 0.6 is 0 Å². The molecule has 1 N–H and O–H groups in total. The van der Waals surface area contributed by atoms with Gasteiger partial charge < -0.3 is 10.0 Å². The minimum Gasteiger partial charge on any atom is -0.391 e. The average Bonchev–Trinajstić information content (AvgIpc) is 2.29. The molecule has 0 spiro atoms. The number of piperidine rings is 1. The van der Waals surface area contributed by atoms with Gasteiger partial charge in [-0.25, -0.2) is 0 Å². The third-order valence-electron chi connectivity index (χ3n) is 3.02. The largest absolute Gasteiger partial charge is 0.391 e. The lowest BCUT2D eigenvalue weighted by atomic mass is 10.0. The fourth-order valence-electron chi connectivity index (χ4n) is 2.22. The minimum atomic E-state index is -0.270. The molecule has 1 aromatic carbocycles. The Labute approximate surface area is 95.7 Å². The van der Waals surface area contributed by atoms with Crippen molar-refractivity contribution in [2.75, 3.05) is 18.0 Å². The summed E-state index contributed by atoms with van der Waals surface area (Å²) in [4.78, 5) is 13.6. The number of aliphatic hydroxyl groups is 1. The molecule has 1 aromatic rings. The molecule has 16 heavy (non-hydrogen) atoms. The number of hydrogen-bond donors (Lipinski definition) is 1. The van der Waals surface area contributed by atoms with Gasteiger partial charge in [0.05, 0.1) is 6.10 Å². The van der Waals surface area contributed by atoms with E-state index in [-0.39, 0.29) is 11.9 Å². The Morgan fingerprint density at radius 3 is 2.88 bits per heavy atom. The topological polar surface area (TPSA) is 40.5 Å². The van der Waals surface area contributed by atoms with Gasteiger partial charge in [-0.1, -0.05) is 12.1 Å². The molecular weight excluding hydrogens is 202 g/mol. The van der Waals surface area contributed by atoms with Crippen LogP contribution in [0.2, 0.25) is 0 Å². The van der Waals surface area contributed by atoms with Crippen molar-refractivity contribution in [1.29, 1.82) is 0 Å². The summed E-state index contributed by atoms with van der Waals surface area (Å²) in [7, 11) is 0. The molecule has 2 rings (SSSR count). The zero-order valence-corrected chi connectivity index (χ0v) is 9.52. The Morgan fingerprint density at radius 1 is 1.44 bits per heavy atom. The first-order valence-electron chi connectivity index (χ1n) is 5.71. The Bertz CT molecular complexity index is 389. The molecule has 3 heteroatoms. The Kier molecular flexibility index (Phi) is 3.25. The molecule has 1 aliphatic heterocycles. The SMILES string of the molecule is CC(=O)c1ccccc1N1CCCC(O)C1. The number of benzene rings is 1. The number of ketones is 1. The number of carbonyl (C=O) groups is 1. The molecule has 0 aliphatic carbocycles.